The van der Waals surface area contributed by atoms with Crippen LogP contribution in [0.1, 0.15) is 18.3 Å². The van der Waals surface area contributed by atoms with Crippen molar-refractivity contribution >= 4 is 0 Å². The largest absolute Gasteiger partial charge is 0.487 e. The summed E-state index contributed by atoms with van der Waals surface area (Å²) in [5, 5.41) is 4.33. The van der Waals surface area contributed by atoms with Gasteiger partial charge in [-0.25, -0.2) is 4.39 Å². The van der Waals surface area contributed by atoms with Crippen LogP contribution < -0.4 is 4.74 Å². The van der Waals surface area contributed by atoms with Crippen LogP contribution in [0.15, 0.2) is 30.3 Å². The number of aryl methyl sites for hydroxylation is 2. The first-order valence-electron chi connectivity index (χ1n) is 5.60. The molecule has 17 heavy (non-hydrogen) atoms. The van der Waals surface area contributed by atoms with Crippen LogP contribution in [-0.2, 0) is 13.2 Å². The topological polar surface area (TPSA) is 27.1 Å². The Labute approximate surface area is 99.8 Å². The smallest absolute Gasteiger partial charge is 0.130 e. The van der Waals surface area contributed by atoms with E-state index in [1.165, 1.54) is 12.1 Å². The van der Waals surface area contributed by atoms with Crippen molar-refractivity contribution in [3.05, 3.63) is 47.5 Å². The van der Waals surface area contributed by atoms with Crippen molar-refractivity contribution in [3.63, 3.8) is 0 Å². The van der Waals surface area contributed by atoms with Crippen LogP contribution in [0.2, 0.25) is 0 Å². The Morgan fingerprint density at radius 1 is 1.29 bits per heavy atom. The number of ether oxygens (including phenoxy) is 1. The Morgan fingerprint density at radius 2 is 2.00 bits per heavy atom. The number of nitrogens with zero attached hydrogens (tertiary/aromatic N) is 2. The van der Waals surface area contributed by atoms with E-state index in [2.05, 4.69) is 5.10 Å². The second-order valence-corrected chi connectivity index (χ2v) is 3.84. The van der Waals surface area contributed by atoms with Crippen molar-refractivity contribution in [2.75, 3.05) is 0 Å². The van der Waals surface area contributed by atoms with E-state index in [-0.39, 0.29) is 5.82 Å². The van der Waals surface area contributed by atoms with E-state index >= 15 is 0 Å². The van der Waals surface area contributed by atoms with E-state index in [4.69, 9.17) is 4.74 Å². The zero-order valence-electron chi connectivity index (χ0n) is 9.98. The predicted molar refractivity (Wildman–Crippen MR) is 63.4 cm³/mol. The van der Waals surface area contributed by atoms with Crippen LogP contribution >= 0.6 is 0 Å². The summed E-state index contributed by atoms with van der Waals surface area (Å²) in [6.07, 6.45) is 0. The third-order valence-corrected chi connectivity index (χ3v) is 2.49. The van der Waals surface area contributed by atoms with Gasteiger partial charge in [-0.3, -0.25) is 4.68 Å². The highest BCUT2D eigenvalue weighted by Crippen LogP contribution is 2.14. The first kappa shape index (κ1) is 11.6. The van der Waals surface area contributed by atoms with Crippen molar-refractivity contribution in [2.45, 2.75) is 27.0 Å². The van der Waals surface area contributed by atoms with E-state index in [1.807, 2.05) is 24.6 Å². The molecule has 2 aromatic rings. The lowest BCUT2D eigenvalue weighted by molar-refractivity contribution is 0.292. The molecule has 0 saturated heterocycles. The van der Waals surface area contributed by atoms with Crippen LogP contribution in [0.3, 0.4) is 0 Å². The van der Waals surface area contributed by atoms with Crippen molar-refractivity contribution in [1.29, 1.82) is 0 Å². The molecule has 0 aliphatic rings. The molecule has 0 radical (unpaired) electrons. The van der Waals surface area contributed by atoms with Gasteiger partial charge < -0.3 is 4.74 Å². The second kappa shape index (κ2) is 4.99. The van der Waals surface area contributed by atoms with Gasteiger partial charge in [-0.2, -0.15) is 5.10 Å². The van der Waals surface area contributed by atoms with E-state index in [1.54, 1.807) is 12.1 Å². The number of halogens is 1. The first-order valence-corrected chi connectivity index (χ1v) is 5.60. The minimum Gasteiger partial charge on any atom is -0.487 e. The molecule has 0 aliphatic carbocycles. The molecule has 1 aromatic carbocycles. The highest BCUT2D eigenvalue weighted by molar-refractivity contribution is 5.22. The quantitative estimate of drug-likeness (QED) is 0.813. The van der Waals surface area contributed by atoms with Gasteiger partial charge in [0.15, 0.2) is 0 Å². The maximum absolute atomic E-state index is 12.7. The highest BCUT2D eigenvalue weighted by atomic mass is 19.1. The number of benzene rings is 1. The normalized spacial score (nSPS) is 10.5. The number of hydrogen-bond donors (Lipinski definition) is 0. The minimum atomic E-state index is -0.258. The SMILES string of the molecule is CCn1nc(C)cc1COc1ccc(F)cc1. The maximum Gasteiger partial charge on any atom is 0.130 e. The van der Waals surface area contributed by atoms with Crippen LogP contribution in [0.25, 0.3) is 0 Å². The molecule has 2 rings (SSSR count). The van der Waals surface area contributed by atoms with Gasteiger partial charge >= 0.3 is 0 Å². The van der Waals surface area contributed by atoms with Crippen molar-refractivity contribution in [3.8, 4) is 5.75 Å². The van der Waals surface area contributed by atoms with Crippen LogP contribution in [0, 0.1) is 12.7 Å². The van der Waals surface area contributed by atoms with Gasteiger partial charge in [0.05, 0.1) is 11.4 Å². The summed E-state index contributed by atoms with van der Waals surface area (Å²) in [6.45, 7) is 5.25. The first-order chi connectivity index (χ1) is 8.19. The standard InChI is InChI=1S/C13H15FN2O/c1-3-16-12(8-10(2)15-16)9-17-13-6-4-11(14)5-7-13/h4-8H,3,9H2,1-2H3. The molecule has 0 N–H and O–H groups in total. The summed E-state index contributed by atoms with van der Waals surface area (Å²) >= 11 is 0. The summed E-state index contributed by atoms with van der Waals surface area (Å²) in [5.74, 6) is 0.403. The molecule has 0 amide bonds. The van der Waals surface area contributed by atoms with Gasteiger partial charge in [0.2, 0.25) is 0 Å². The lowest BCUT2D eigenvalue weighted by atomic mass is 10.3. The molecule has 0 bridgehead atoms. The lowest BCUT2D eigenvalue weighted by Crippen LogP contribution is -2.06. The minimum absolute atomic E-state index is 0.258. The molecule has 1 aromatic heterocycles. The summed E-state index contributed by atoms with van der Waals surface area (Å²) < 4.78 is 20.2. The number of aromatic nitrogens is 2. The van der Waals surface area contributed by atoms with Gasteiger partial charge in [0.25, 0.3) is 0 Å². The molecule has 90 valence electrons. The van der Waals surface area contributed by atoms with Gasteiger partial charge in [0, 0.05) is 6.54 Å². The molecule has 1 heterocycles. The zero-order chi connectivity index (χ0) is 12.3. The second-order valence-electron chi connectivity index (χ2n) is 3.84. The van der Waals surface area contributed by atoms with E-state index in [0.29, 0.717) is 12.4 Å². The molecule has 0 saturated carbocycles. The fourth-order valence-corrected chi connectivity index (χ4v) is 1.68. The molecular formula is C13H15FN2O. The van der Waals surface area contributed by atoms with Gasteiger partial charge in [-0.05, 0) is 44.2 Å². The number of rotatable bonds is 4. The Kier molecular flexibility index (Phi) is 3.42. The summed E-state index contributed by atoms with van der Waals surface area (Å²) in [6, 6.07) is 8.01. The van der Waals surface area contributed by atoms with Crippen molar-refractivity contribution < 1.29 is 9.13 Å². The molecule has 0 aliphatic heterocycles. The van der Waals surface area contributed by atoms with E-state index in [0.717, 1.165) is 17.9 Å². The Hall–Kier alpha value is -1.84. The van der Waals surface area contributed by atoms with Crippen LogP contribution in [-0.4, -0.2) is 9.78 Å². The highest BCUT2D eigenvalue weighted by Gasteiger charge is 2.04. The van der Waals surface area contributed by atoms with Crippen molar-refractivity contribution in [2.24, 2.45) is 0 Å². The third kappa shape index (κ3) is 2.84. The molecular weight excluding hydrogens is 219 g/mol. The van der Waals surface area contributed by atoms with E-state index in [9.17, 15) is 4.39 Å². The summed E-state index contributed by atoms with van der Waals surface area (Å²) in [7, 11) is 0. The molecule has 0 atom stereocenters. The average Bonchev–Trinajstić information content (AvgIpc) is 2.69. The monoisotopic (exact) mass is 234 g/mol. The Bertz CT molecular complexity index is 491. The summed E-state index contributed by atoms with van der Waals surface area (Å²) in [4.78, 5) is 0. The summed E-state index contributed by atoms with van der Waals surface area (Å²) in [5.41, 5.74) is 2.00. The molecule has 0 unspecified atom stereocenters. The van der Waals surface area contributed by atoms with Gasteiger partial charge in [-0.15, -0.1) is 0 Å². The van der Waals surface area contributed by atoms with Crippen LogP contribution in [0.4, 0.5) is 4.39 Å². The zero-order valence-corrected chi connectivity index (χ0v) is 9.98. The lowest BCUT2D eigenvalue weighted by Gasteiger charge is -2.07. The predicted octanol–water partition coefficient (Wildman–Crippen LogP) is 2.93. The average molecular weight is 234 g/mol. The van der Waals surface area contributed by atoms with Crippen LogP contribution in [0.5, 0.6) is 5.75 Å². The van der Waals surface area contributed by atoms with Gasteiger partial charge in [0.1, 0.15) is 18.2 Å². The molecule has 3 nitrogen and oxygen atoms in total. The van der Waals surface area contributed by atoms with E-state index < -0.39 is 0 Å². The molecule has 0 fully saturated rings. The number of hydrogen-bond acceptors (Lipinski definition) is 2. The Balaban J connectivity index is 2.04. The third-order valence-electron chi connectivity index (χ3n) is 2.49. The van der Waals surface area contributed by atoms with Crippen molar-refractivity contribution in [1.82, 2.24) is 9.78 Å². The Morgan fingerprint density at radius 3 is 2.65 bits per heavy atom. The fraction of sp³-hybridized carbons (Fsp3) is 0.308. The maximum atomic E-state index is 12.7. The fourth-order valence-electron chi connectivity index (χ4n) is 1.68. The van der Waals surface area contributed by atoms with Gasteiger partial charge in [-0.1, -0.05) is 0 Å². The molecule has 4 heteroatoms. The molecule has 0 spiro atoms.